The molecule has 2 N–H and O–H groups in total. The van der Waals surface area contributed by atoms with E-state index in [1.54, 1.807) is 0 Å². The molecule has 0 radical (unpaired) electrons. The molecule has 0 aliphatic heterocycles. The van der Waals surface area contributed by atoms with Crippen LogP contribution in [0.5, 0.6) is 0 Å². The molecule has 7 heteroatoms. The van der Waals surface area contributed by atoms with E-state index in [2.05, 4.69) is 10.0 Å². The van der Waals surface area contributed by atoms with Gasteiger partial charge in [0, 0.05) is 12.1 Å². The monoisotopic (exact) mass is 304 g/mol. The number of aryl methyl sites for hydroxylation is 1. The summed E-state index contributed by atoms with van der Waals surface area (Å²) in [6.45, 7) is 2.02. The van der Waals surface area contributed by atoms with Crippen LogP contribution in [0.15, 0.2) is 12.1 Å². The minimum atomic E-state index is -3.66. The third-order valence-electron chi connectivity index (χ3n) is 3.11. The lowest BCUT2D eigenvalue weighted by molar-refractivity contribution is 0.587. The van der Waals surface area contributed by atoms with Gasteiger partial charge in [0.05, 0.1) is 11.4 Å². The minimum absolute atomic E-state index is 0.123. The molecule has 1 saturated carbocycles. The molecular formula is C13H18F2N2O2S. The molecule has 0 aromatic heterocycles. The van der Waals surface area contributed by atoms with Crippen molar-refractivity contribution in [2.24, 2.45) is 0 Å². The summed E-state index contributed by atoms with van der Waals surface area (Å²) in [6, 6.07) is 2.36. The van der Waals surface area contributed by atoms with E-state index in [1.165, 1.54) is 6.92 Å². The van der Waals surface area contributed by atoms with Crippen LogP contribution in [0, 0.1) is 18.6 Å². The fourth-order valence-electron chi connectivity index (χ4n) is 1.80. The molecule has 2 rings (SSSR count). The molecule has 4 nitrogen and oxygen atoms in total. The number of sulfonamides is 1. The number of hydrogen-bond donors (Lipinski definition) is 2. The third-order valence-corrected chi connectivity index (χ3v) is 4.47. The van der Waals surface area contributed by atoms with Gasteiger partial charge in [-0.05, 0) is 44.4 Å². The molecule has 20 heavy (non-hydrogen) atoms. The van der Waals surface area contributed by atoms with Crippen LogP contribution in [0.1, 0.15) is 24.8 Å². The molecule has 1 fully saturated rings. The van der Waals surface area contributed by atoms with Crippen molar-refractivity contribution in [2.45, 2.75) is 32.2 Å². The molecule has 1 aliphatic rings. The van der Waals surface area contributed by atoms with Crippen LogP contribution >= 0.6 is 0 Å². The van der Waals surface area contributed by atoms with Gasteiger partial charge in [0.1, 0.15) is 11.6 Å². The van der Waals surface area contributed by atoms with E-state index in [1.807, 2.05) is 0 Å². The summed E-state index contributed by atoms with van der Waals surface area (Å²) in [6.07, 6.45) is 2.71. The molecule has 1 aliphatic carbocycles. The first-order valence-corrected chi connectivity index (χ1v) is 8.22. The number of nitrogens with one attached hydrogen (secondary N) is 2. The first-order valence-electron chi connectivity index (χ1n) is 6.57. The van der Waals surface area contributed by atoms with Crippen molar-refractivity contribution < 1.29 is 17.2 Å². The molecule has 112 valence electrons. The largest absolute Gasteiger partial charge is 0.314 e. The Kier molecular flexibility index (Phi) is 4.59. The Labute approximate surface area is 117 Å². The van der Waals surface area contributed by atoms with Gasteiger partial charge < -0.3 is 5.32 Å². The molecule has 0 bridgehead atoms. The van der Waals surface area contributed by atoms with Gasteiger partial charge in [0.2, 0.25) is 10.0 Å². The second-order valence-corrected chi connectivity index (χ2v) is 6.93. The number of rotatable bonds is 7. The Morgan fingerprint density at radius 3 is 2.60 bits per heavy atom. The van der Waals surface area contributed by atoms with E-state index >= 15 is 0 Å². The summed E-state index contributed by atoms with van der Waals surface area (Å²) < 4.78 is 52.5. The Bertz CT molecular complexity index is 586. The molecule has 0 atom stereocenters. The van der Waals surface area contributed by atoms with E-state index < -0.39 is 21.7 Å². The summed E-state index contributed by atoms with van der Waals surface area (Å²) >= 11 is 0. The molecular weight excluding hydrogens is 286 g/mol. The molecule has 0 unspecified atom stereocenters. The lowest BCUT2D eigenvalue weighted by atomic mass is 10.2. The average Bonchev–Trinajstić information content (AvgIpc) is 3.15. The van der Waals surface area contributed by atoms with E-state index in [-0.39, 0.29) is 17.0 Å². The Morgan fingerprint density at radius 2 is 1.95 bits per heavy atom. The smallest absolute Gasteiger partial charge is 0.232 e. The molecule has 0 amide bonds. The summed E-state index contributed by atoms with van der Waals surface area (Å²) in [4.78, 5) is 0. The van der Waals surface area contributed by atoms with Gasteiger partial charge in [-0.15, -0.1) is 0 Å². The lowest BCUT2D eigenvalue weighted by Gasteiger charge is -2.10. The first kappa shape index (κ1) is 15.2. The molecule has 1 aromatic carbocycles. The van der Waals surface area contributed by atoms with Crippen LogP contribution in [0.2, 0.25) is 0 Å². The second kappa shape index (κ2) is 6.05. The van der Waals surface area contributed by atoms with Crippen molar-refractivity contribution in [2.75, 3.05) is 17.0 Å². The topological polar surface area (TPSA) is 58.2 Å². The molecule has 0 saturated heterocycles. The highest BCUT2D eigenvalue weighted by molar-refractivity contribution is 7.92. The van der Waals surface area contributed by atoms with Crippen molar-refractivity contribution in [3.05, 3.63) is 29.3 Å². The lowest BCUT2D eigenvalue weighted by Crippen LogP contribution is -2.23. The van der Waals surface area contributed by atoms with E-state index in [9.17, 15) is 17.2 Å². The highest BCUT2D eigenvalue weighted by Crippen LogP contribution is 2.20. The Balaban J connectivity index is 1.91. The Morgan fingerprint density at radius 1 is 1.25 bits per heavy atom. The van der Waals surface area contributed by atoms with Gasteiger partial charge >= 0.3 is 0 Å². The highest BCUT2D eigenvalue weighted by Gasteiger charge is 2.20. The average molecular weight is 304 g/mol. The summed E-state index contributed by atoms with van der Waals surface area (Å²) in [5, 5.41) is 3.19. The normalized spacial score (nSPS) is 15.3. The first-order chi connectivity index (χ1) is 9.37. The number of anilines is 1. The third kappa shape index (κ3) is 4.42. The number of benzene rings is 1. The summed E-state index contributed by atoms with van der Waals surface area (Å²) in [5.74, 6) is -1.54. The van der Waals surface area contributed by atoms with Gasteiger partial charge in [0.25, 0.3) is 0 Å². The Hall–Kier alpha value is -1.21. The van der Waals surface area contributed by atoms with Crippen LogP contribution in [0.4, 0.5) is 14.5 Å². The van der Waals surface area contributed by atoms with Crippen LogP contribution < -0.4 is 10.0 Å². The van der Waals surface area contributed by atoms with Crippen LogP contribution in [0.25, 0.3) is 0 Å². The van der Waals surface area contributed by atoms with Gasteiger partial charge in [0.15, 0.2) is 0 Å². The van der Waals surface area contributed by atoms with E-state index in [0.717, 1.165) is 25.0 Å². The fourth-order valence-corrected chi connectivity index (χ4v) is 2.92. The quantitative estimate of drug-likeness (QED) is 0.759. The van der Waals surface area contributed by atoms with E-state index in [0.29, 0.717) is 19.0 Å². The van der Waals surface area contributed by atoms with Crippen LogP contribution in [0.3, 0.4) is 0 Å². The van der Waals surface area contributed by atoms with Crippen molar-refractivity contribution in [1.82, 2.24) is 5.32 Å². The number of halogens is 2. The van der Waals surface area contributed by atoms with Crippen molar-refractivity contribution in [1.29, 1.82) is 0 Å². The van der Waals surface area contributed by atoms with Crippen molar-refractivity contribution >= 4 is 15.7 Å². The number of hydrogen-bond acceptors (Lipinski definition) is 3. The maximum absolute atomic E-state index is 13.6. The second-order valence-electron chi connectivity index (χ2n) is 5.08. The predicted octanol–water partition coefficient (Wildman–Crippen LogP) is 2.16. The maximum atomic E-state index is 13.6. The molecule has 1 aromatic rings. The van der Waals surface area contributed by atoms with Gasteiger partial charge in [-0.2, -0.15) is 0 Å². The van der Waals surface area contributed by atoms with Gasteiger partial charge in [-0.1, -0.05) is 0 Å². The van der Waals surface area contributed by atoms with Crippen LogP contribution in [-0.4, -0.2) is 26.8 Å². The van der Waals surface area contributed by atoms with Gasteiger partial charge in [-0.25, -0.2) is 17.2 Å². The zero-order valence-corrected chi connectivity index (χ0v) is 12.1. The standard InChI is InChI=1S/C13H18F2N2O2S/c1-9-7-12(15)13(8-11(9)14)17-20(18,19)6-2-5-16-10-3-4-10/h7-8,10,16-17H,2-6H2,1H3. The minimum Gasteiger partial charge on any atom is -0.314 e. The molecule has 0 heterocycles. The van der Waals surface area contributed by atoms with E-state index in [4.69, 9.17) is 0 Å². The zero-order valence-electron chi connectivity index (χ0n) is 11.2. The van der Waals surface area contributed by atoms with Crippen molar-refractivity contribution in [3.63, 3.8) is 0 Å². The predicted molar refractivity (Wildman–Crippen MR) is 74.1 cm³/mol. The SMILES string of the molecule is Cc1cc(F)c(NS(=O)(=O)CCCNC2CC2)cc1F. The van der Waals surface area contributed by atoms with Gasteiger partial charge in [-0.3, -0.25) is 4.72 Å². The zero-order chi connectivity index (χ0) is 14.8. The van der Waals surface area contributed by atoms with Crippen molar-refractivity contribution in [3.8, 4) is 0 Å². The highest BCUT2D eigenvalue weighted by atomic mass is 32.2. The summed E-state index contributed by atoms with van der Waals surface area (Å²) in [5.41, 5.74) is -0.206. The summed E-state index contributed by atoms with van der Waals surface area (Å²) in [7, 11) is -3.66. The van der Waals surface area contributed by atoms with Crippen LogP contribution in [-0.2, 0) is 10.0 Å². The maximum Gasteiger partial charge on any atom is 0.232 e. The fraction of sp³-hybridized carbons (Fsp3) is 0.538. The molecule has 0 spiro atoms.